The van der Waals surface area contributed by atoms with Crippen molar-refractivity contribution < 1.29 is 9.13 Å². The zero-order valence-corrected chi connectivity index (χ0v) is 18.4. The second-order valence-corrected chi connectivity index (χ2v) is 7.43. The van der Waals surface area contributed by atoms with Gasteiger partial charge in [0.25, 0.3) is 0 Å². The Morgan fingerprint density at radius 1 is 1.16 bits per heavy atom. The van der Waals surface area contributed by atoms with E-state index in [2.05, 4.69) is 26.2 Å². The van der Waals surface area contributed by atoms with Gasteiger partial charge in [-0.2, -0.15) is 0 Å². The minimum atomic E-state index is -0.326. The van der Waals surface area contributed by atoms with E-state index in [1.807, 2.05) is 50.3 Å². The summed E-state index contributed by atoms with van der Waals surface area (Å²) in [6.45, 7) is 4.65. The Bertz CT molecular complexity index is 1120. The van der Waals surface area contributed by atoms with Crippen molar-refractivity contribution in [1.82, 2.24) is 30.4 Å². The fraction of sp³-hybridized carbons (Fsp3) is 0.227. The summed E-state index contributed by atoms with van der Waals surface area (Å²) in [5.74, 6) is 0.229. The summed E-state index contributed by atoms with van der Waals surface area (Å²) in [5, 5.41) is 16.2. The summed E-state index contributed by atoms with van der Waals surface area (Å²) in [7, 11) is 0. The molecule has 0 fully saturated rings. The van der Waals surface area contributed by atoms with Crippen LogP contribution in [0.2, 0.25) is 0 Å². The fourth-order valence-electron chi connectivity index (χ4n) is 3.31. The third-order valence-corrected chi connectivity index (χ3v) is 5.04. The van der Waals surface area contributed by atoms with Gasteiger partial charge in [-0.15, -0.1) is 14.8 Å². The molecule has 0 bridgehead atoms. The fourth-order valence-corrected chi connectivity index (χ4v) is 3.48. The molecular weight excluding hydrogens is 433 g/mol. The molecular formula is C22H23ClFN7O. The van der Waals surface area contributed by atoms with Crippen molar-refractivity contribution in [3.63, 3.8) is 0 Å². The van der Waals surface area contributed by atoms with Crippen LogP contribution < -0.4 is 10.7 Å². The molecule has 0 spiro atoms. The number of ether oxygens (including phenoxy) is 1. The smallest absolute Gasteiger partial charge is 0.152 e. The molecule has 2 N–H and O–H groups in total. The molecule has 4 rings (SSSR count). The van der Waals surface area contributed by atoms with Crippen molar-refractivity contribution in [3.05, 3.63) is 77.7 Å². The maximum atomic E-state index is 13.5. The lowest BCUT2D eigenvalue weighted by atomic mass is 10.1. The first kappa shape index (κ1) is 21.8. The quantitative estimate of drug-likeness (QED) is 0.523. The third-order valence-electron chi connectivity index (χ3n) is 4.88. The van der Waals surface area contributed by atoms with Crippen LogP contribution in [-0.2, 0) is 11.5 Å². The number of nitrogens with one attached hydrogen (secondary N) is 2. The number of rotatable bonds is 7. The first-order valence-corrected chi connectivity index (χ1v) is 10.5. The van der Waals surface area contributed by atoms with Gasteiger partial charge in [0.05, 0.1) is 23.5 Å². The molecule has 0 amide bonds. The van der Waals surface area contributed by atoms with Gasteiger partial charge in [-0.3, -0.25) is 5.43 Å². The van der Waals surface area contributed by atoms with Crippen LogP contribution in [0.25, 0.3) is 17.0 Å². The number of nitrogens with zero attached hydrogens (tertiary/aromatic N) is 5. The Labute approximate surface area is 190 Å². The van der Waals surface area contributed by atoms with Gasteiger partial charge in [0, 0.05) is 18.2 Å². The minimum absolute atomic E-state index is 0.00125. The Morgan fingerprint density at radius 3 is 2.62 bits per heavy atom. The number of hydrogen-bond donors (Lipinski definition) is 2. The maximum Gasteiger partial charge on any atom is 0.152 e. The summed E-state index contributed by atoms with van der Waals surface area (Å²) < 4.78 is 21.7. The van der Waals surface area contributed by atoms with Crippen LogP contribution in [0.5, 0.6) is 0 Å². The predicted molar refractivity (Wildman–Crippen MR) is 121 cm³/mol. The Balaban J connectivity index is 1.69. The van der Waals surface area contributed by atoms with E-state index in [0.717, 1.165) is 10.2 Å². The second kappa shape index (κ2) is 9.80. The largest absolute Gasteiger partial charge is 0.362 e. The predicted octanol–water partition coefficient (Wildman–Crippen LogP) is 4.06. The van der Waals surface area contributed by atoms with Crippen molar-refractivity contribution >= 4 is 23.3 Å². The van der Waals surface area contributed by atoms with Crippen LogP contribution in [0.3, 0.4) is 0 Å². The first-order valence-electron chi connectivity index (χ1n) is 10.2. The van der Waals surface area contributed by atoms with Gasteiger partial charge in [-0.1, -0.05) is 35.5 Å². The summed E-state index contributed by atoms with van der Waals surface area (Å²) in [4.78, 5) is 0. The van der Waals surface area contributed by atoms with E-state index in [1.54, 1.807) is 16.8 Å². The van der Waals surface area contributed by atoms with E-state index >= 15 is 0 Å². The zero-order valence-electron chi connectivity index (χ0n) is 17.7. The monoisotopic (exact) mass is 455 g/mol. The highest BCUT2D eigenvalue weighted by atomic mass is 35.5. The van der Waals surface area contributed by atoms with Crippen LogP contribution in [0.4, 0.5) is 4.39 Å². The number of hydrogen-bond acceptors (Lipinski definition) is 7. The number of amidine groups is 1. The lowest BCUT2D eigenvalue weighted by Gasteiger charge is -2.24. The van der Waals surface area contributed by atoms with E-state index in [9.17, 15) is 4.39 Å². The molecule has 0 aliphatic carbocycles. The van der Waals surface area contributed by atoms with Gasteiger partial charge in [-0.05, 0) is 43.7 Å². The standard InChI is InChI=1S/C22H23ClFN7O/c1-3-32-14-30-22(21(26-29-30)17-9-11-18(24)12-10-17)19-13-20(28-31(23)27-19)25-15(2)16-7-5-4-6-8-16/h4-13,15,27H,3,14H2,1-2H3,(H,25,28)/t15-/m0/s1. The summed E-state index contributed by atoms with van der Waals surface area (Å²) >= 11 is 6.25. The molecule has 8 nitrogen and oxygen atoms in total. The number of halogens is 2. The van der Waals surface area contributed by atoms with Crippen LogP contribution >= 0.6 is 11.8 Å². The van der Waals surface area contributed by atoms with Crippen LogP contribution in [-0.4, -0.2) is 32.1 Å². The highest BCUT2D eigenvalue weighted by Crippen LogP contribution is 2.28. The average molecular weight is 456 g/mol. The molecule has 2 heterocycles. The van der Waals surface area contributed by atoms with Crippen molar-refractivity contribution in [2.75, 3.05) is 6.61 Å². The summed E-state index contributed by atoms with van der Waals surface area (Å²) in [6, 6.07) is 16.1. The number of benzene rings is 2. The molecule has 32 heavy (non-hydrogen) atoms. The molecule has 1 aromatic heterocycles. The van der Waals surface area contributed by atoms with E-state index in [-0.39, 0.29) is 18.6 Å². The van der Waals surface area contributed by atoms with Gasteiger partial charge < -0.3 is 10.1 Å². The van der Waals surface area contributed by atoms with E-state index in [1.165, 1.54) is 12.1 Å². The van der Waals surface area contributed by atoms with E-state index < -0.39 is 0 Å². The summed E-state index contributed by atoms with van der Waals surface area (Å²) in [5.41, 5.74) is 6.63. The van der Waals surface area contributed by atoms with Crippen molar-refractivity contribution in [2.24, 2.45) is 5.10 Å². The molecule has 1 aliphatic heterocycles. The topological polar surface area (TPSA) is 79.6 Å². The minimum Gasteiger partial charge on any atom is -0.362 e. The normalized spacial score (nSPS) is 14.4. The number of hydrazine groups is 1. The van der Waals surface area contributed by atoms with Gasteiger partial charge in [0.2, 0.25) is 0 Å². The van der Waals surface area contributed by atoms with Crippen molar-refractivity contribution in [1.29, 1.82) is 0 Å². The summed E-state index contributed by atoms with van der Waals surface area (Å²) in [6.07, 6.45) is 1.83. The molecule has 0 radical (unpaired) electrons. The lowest BCUT2D eigenvalue weighted by Crippen LogP contribution is -2.36. The van der Waals surface area contributed by atoms with Gasteiger partial charge in [0.15, 0.2) is 5.84 Å². The van der Waals surface area contributed by atoms with Gasteiger partial charge >= 0.3 is 0 Å². The highest BCUT2D eigenvalue weighted by molar-refractivity contribution is 6.15. The molecule has 0 unspecified atom stereocenters. The Hall–Kier alpha value is -3.43. The first-order chi connectivity index (χ1) is 15.5. The number of aromatic nitrogens is 3. The van der Waals surface area contributed by atoms with Gasteiger partial charge in [0.1, 0.15) is 23.9 Å². The molecule has 1 atom stereocenters. The van der Waals surface area contributed by atoms with Crippen molar-refractivity contribution in [2.45, 2.75) is 26.6 Å². The molecule has 3 aromatic rings. The second-order valence-electron chi connectivity index (χ2n) is 7.11. The van der Waals surface area contributed by atoms with E-state index in [4.69, 9.17) is 16.5 Å². The molecule has 166 valence electrons. The lowest BCUT2D eigenvalue weighted by molar-refractivity contribution is 0.0770. The van der Waals surface area contributed by atoms with Crippen LogP contribution in [0.15, 0.2) is 65.8 Å². The zero-order chi connectivity index (χ0) is 22.5. The Kier molecular flexibility index (Phi) is 6.67. The molecule has 10 heteroatoms. The third kappa shape index (κ3) is 4.90. The number of hydrazone groups is 1. The molecule has 0 saturated heterocycles. The molecule has 0 saturated carbocycles. The van der Waals surface area contributed by atoms with Crippen molar-refractivity contribution in [3.8, 4) is 11.3 Å². The maximum absolute atomic E-state index is 13.5. The SMILES string of the molecule is CCOCn1nnc(-c2ccc(F)cc2)c1C1=CC(N[C@@H](C)c2ccccc2)=NN(Cl)N1. The Morgan fingerprint density at radius 2 is 1.91 bits per heavy atom. The molecule has 1 aliphatic rings. The van der Waals surface area contributed by atoms with Gasteiger partial charge in [-0.25, -0.2) is 9.07 Å². The van der Waals surface area contributed by atoms with Crippen LogP contribution in [0, 0.1) is 5.82 Å². The average Bonchev–Trinajstić information content (AvgIpc) is 3.22. The highest BCUT2D eigenvalue weighted by Gasteiger charge is 2.24. The molecule has 2 aromatic carbocycles. The van der Waals surface area contributed by atoms with E-state index in [0.29, 0.717) is 35.1 Å². The van der Waals surface area contributed by atoms with Crippen LogP contribution in [0.1, 0.15) is 31.1 Å².